The van der Waals surface area contributed by atoms with Gasteiger partial charge in [-0.1, -0.05) is 5.46 Å². The van der Waals surface area contributed by atoms with Gasteiger partial charge in [-0.2, -0.15) is 0 Å². The van der Waals surface area contributed by atoms with Gasteiger partial charge >= 0.3 is 0 Å². The highest BCUT2D eigenvalue weighted by atomic mass is 32.2. The van der Waals surface area contributed by atoms with Crippen LogP contribution in [0.25, 0.3) is 0 Å². The van der Waals surface area contributed by atoms with Crippen LogP contribution in [0.5, 0.6) is 0 Å². The zero-order valence-electron chi connectivity index (χ0n) is 7.69. The number of carbonyl (C=O) groups is 1. The van der Waals surface area contributed by atoms with E-state index in [1.165, 1.54) is 0 Å². The van der Waals surface area contributed by atoms with Gasteiger partial charge in [0.1, 0.15) is 18.6 Å². The van der Waals surface area contributed by atoms with Crippen molar-refractivity contribution in [3.8, 4) is 0 Å². The Kier molecular flexibility index (Phi) is 1.91. The van der Waals surface area contributed by atoms with Crippen LogP contribution < -0.4 is 5.46 Å². The Bertz CT molecular complexity index is 569. The molecule has 15 heavy (non-hydrogen) atoms. The number of sulfonamides is 1. The first-order valence-corrected chi connectivity index (χ1v) is 5.42. The van der Waals surface area contributed by atoms with Crippen molar-refractivity contribution in [3.05, 3.63) is 23.5 Å². The first-order valence-electron chi connectivity index (χ1n) is 3.98. The maximum atomic E-state index is 13.0. The number of hydrogen-bond acceptors (Lipinski definition) is 3. The van der Waals surface area contributed by atoms with E-state index < -0.39 is 21.7 Å². The van der Waals surface area contributed by atoms with E-state index in [-0.39, 0.29) is 15.9 Å². The maximum absolute atomic E-state index is 13.0. The molecule has 0 unspecified atom stereocenters. The molecule has 0 saturated carbocycles. The SMILES string of the molecule is [B]c1cc2c(cc1F)C(=O)N(C)S2(=O)=O. The Morgan fingerprint density at radius 3 is 2.60 bits per heavy atom. The normalized spacial score (nSPS) is 18.0. The van der Waals surface area contributed by atoms with Gasteiger partial charge in [-0.25, -0.2) is 17.1 Å². The lowest BCUT2D eigenvalue weighted by molar-refractivity contribution is 0.0891. The number of nitrogens with zero attached hydrogens (tertiary/aromatic N) is 1. The second kappa shape index (κ2) is 2.82. The minimum Gasteiger partial charge on any atom is -0.268 e. The standard InChI is InChI=1S/C8H5BFNO3S/c1-11-8(12)4-2-6(10)5(9)3-7(4)15(11,13)14/h2-3H,1H3. The zero-order valence-corrected chi connectivity index (χ0v) is 8.51. The van der Waals surface area contributed by atoms with Crippen molar-refractivity contribution >= 4 is 29.2 Å². The Hall–Kier alpha value is -1.37. The molecular formula is C8H5BFNO3S. The van der Waals surface area contributed by atoms with E-state index in [0.29, 0.717) is 4.31 Å². The van der Waals surface area contributed by atoms with Crippen LogP contribution in [0.4, 0.5) is 4.39 Å². The molecule has 1 amide bonds. The summed E-state index contributed by atoms with van der Waals surface area (Å²) in [7, 11) is 2.52. The van der Waals surface area contributed by atoms with Gasteiger partial charge in [-0.3, -0.25) is 4.79 Å². The number of rotatable bonds is 0. The second-order valence-electron chi connectivity index (χ2n) is 3.15. The minimum absolute atomic E-state index is 0.177. The molecule has 0 aliphatic carbocycles. The van der Waals surface area contributed by atoms with Gasteiger partial charge < -0.3 is 0 Å². The first kappa shape index (κ1) is 10.2. The van der Waals surface area contributed by atoms with Crippen molar-refractivity contribution in [3.63, 3.8) is 0 Å². The Balaban J connectivity index is 2.85. The molecule has 0 bridgehead atoms. The van der Waals surface area contributed by atoms with Crippen molar-refractivity contribution in [2.75, 3.05) is 7.05 Å². The van der Waals surface area contributed by atoms with Crippen LogP contribution in [0.3, 0.4) is 0 Å². The van der Waals surface area contributed by atoms with Gasteiger partial charge in [-0.05, 0) is 12.1 Å². The fourth-order valence-corrected chi connectivity index (χ4v) is 2.69. The average Bonchev–Trinajstić information content (AvgIpc) is 2.32. The topological polar surface area (TPSA) is 54.5 Å². The third kappa shape index (κ3) is 1.19. The van der Waals surface area contributed by atoms with Crippen molar-refractivity contribution < 1.29 is 17.6 Å². The summed E-state index contributed by atoms with van der Waals surface area (Å²) in [6.45, 7) is 0. The smallest absolute Gasteiger partial charge is 0.268 e. The molecule has 1 aromatic carbocycles. The molecule has 0 spiro atoms. The Labute approximate surface area is 87.2 Å². The molecule has 0 fully saturated rings. The second-order valence-corrected chi connectivity index (χ2v) is 5.09. The lowest BCUT2D eigenvalue weighted by atomic mass is 9.94. The van der Waals surface area contributed by atoms with E-state index >= 15 is 0 Å². The molecule has 0 atom stereocenters. The largest absolute Gasteiger partial charge is 0.268 e. The lowest BCUT2D eigenvalue weighted by Gasteiger charge is -2.05. The lowest BCUT2D eigenvalue weighted by Crippen LogP contribution is -2.24. The Morgan fingerprint density at radius 2 is 2.00 bits per heavy atom. The van der Waals surface area contributed by atoms with Gasteiger partial charge in [0.2, 0.25) is 0 Å². The van der Waals surface area contributed by atoms with Crippen LogP contribution in [-0.4, -0.2) is 33.5 Å². The predicted octanol–water partition coefficient (Wildman–Crippen LogP) is -0.606. The summed E-state index contributed by atoms with van der Waals surface area (Å²) < 4.78 is 36.8. The van der Waals surface area contributed by atoms with E-state index in [1.54, 1.807) is 0 Å². The number of fused-ring (bicyclic) bond motifs is 1. The number of benzene rings is 1. The summed E-state index contributed by atoms with van der Waals surface area (Å²) in [5.41, 5.74) is -0.468. The molecule has 4 nitrogen and oxygen atoms in total. The first-order chi connectivity index (χ1) is 6.85. The van der Waals surface area contributed by atoms with E-state index in [1.807, 2.05) is 0 Å². The molecular weight excluding hydrogens is 220 g/mol. The summed E-state index contributed by atoms with van der Waals surface area (Å²) in [6, 6.07) is 1.80. The van der Waals surface area contributed by atoms with Crippen molar-refractivity contribution in [2.45, 2.75) is 4.90 Å². The molecule has 2 rings (SSSR count). The maximum Gasteiger partial charge on any atom is 0.268 e. The monoisotopic (exact) mass is 225 g/mol. The summed E-state index contributed by atoms with van der Waals surface area (Å²) >= 11 is 0. The van der Waals surface area contributed by atoms with E-state index in [9.17, 15) is 17.6 Å². The fourth-order valence-electron chi connectivity index (χ4n) is 1.38. The predicted molar refractivity (Wildman–Crippen MR) is 51.1 cm³/mol. The molecule has 0 N–H and O–H groups in total. The molecule has 1 aliphatic rings. The average molecular weight is 225 g/mol. The highest BCUT2D eigenvalue weighted by Crippen LogP contribution is 2.28. The molecule has 0 saturated heterocycles. The molecule has 2 radical (unpaired) electrons. The quantitative estimate of drug-likeness (QED) is 0.553. The van der Waals surface area contributed by atoms with Gasteiger partial charge in [0.05, 0.1) is 5.56 Å². The summed E-state index contributed by atoms with van der Waals surface area (Å²) in [4.78, 5) is 11.2. The molecule has 1 aromatic rings. The molecule has 76 valence electrons. The molecule has 7 heteroatoms. The van der Waals surface area contributed by atoms with Crippen LogP contribution in [0.15, 0.2) is 17.0 Å². The van der Waals surface area contributed by atoms with E-state index in [0.717, 1.165) is 19.2 Å². The van der Waals surface area contributed by atoms with Crippen molar-refractivity contribution in [1.29, 1.82) is 0 Å². The van der Waals surface area contributed by atoms with Crippen LogP contribution in [0, 0.1) is 5.82 Å². The summed E-state index contributed by atoms with van der Waals surface area (Å²) in [5.74, 6) is -1.54. The molecule has 0 aromatic heterocycles. The highest BCUT2D eigenvalue weighted by Gasteiger charge is 2.39. The fraction of sp³-hybridized carbons (Fsp3) is 0.125. The number of amides is 1. The van der Waals surface area contributed by atoms with Crippen molar-refractivity contribution in [2.24, 2.45) is 0 Å². The van der Waals surface area contributed by atoms with Gasteiger partial charge in [0.15, 0.2) is 0 Å². The molecule has 1 aliphatic heterocycles. The van der Waals surface area contributed by atoms with E-state index in [4.69, 9.17) is 7.85 Å². The third-order valence-corrected chi connectivity index (χ3v) is 4.03. The van der Waals surface area contributed by atoms with Crippen LogP contribution >= 0.6 is 0 Å². The van der Waals surface area contributed by atoms with Crippen LogP contribution in [0.2, 0.25) is 0 Å². The molecule has 1 heterocycles. The number of hydrogen-bond donors (Lipinski definition) is 0. The van der Waals surface area contributed by atoms with Gasteiger partial charge in [0.25, 0.3) is 15.9 Å². The Morgan fingerprint density at radius 1 is 1.40 bits per heavy atom. The van der Waals surface area contributed by atoms with Crippen LogP contribution in [0.1, 0.15) is 10.4 Å². The van der Waals surface area contributed by atoms with Gasteiger partial charge in [-0.15, -0.1) is 0 Å². The van der Waals surface area contributed by atoms with Crippen LogP contribution in [-0.2, 0) is 10.0 Å². The summed E-state index contributed by atoms with van der Waals surface area (Å²) in [5, 5.41) is 0. The number of carbonyl (C=O) groups excluding carboxylic acids is 1. The minimum atomic E-state index is -3.84. The third-order valence-electron chi connectivity index (χ3n) is 2.25. The van der Waals surface area contributed by atoms with E-state index in [2.05, 4.69) is 0 Å². The summed E-state index contributed by atoms with van der Waals surface area (Å²) in [6.07, 6.45) is 0. The van der Waals surface area contributed by atoms with Crippen molar-refractivity contribution in [1.82, 2.24) is 4.31 Å². The highest BCUT2D eigenvalue weighted by molar-refractivity contribution is 7.90. The van der Waals surface area contributed by atoms with Gasteiger partial charge in [0, 0.05) is 7.05 Å². The zero-order chi connectivity index (χ0) is 11.4. The number of halogens is 1.